The molecule has 7 heteroatoms. The lowest BCUT2D eigenvalue weighted by atomic mass is 10.00. The number of thioether (sulfide) groups is 1. The maximum absolute atomic E-state index is 12.9. The molecule has 1 atom stereocenters. The van der Waals surface area contributed by atoms with Crippen LogP contribution in [0.3, 0.4) is 0 Å². The number of amides is 1. The van der Waals surface area contributed by atoms with Crippen LogP contribution in [-0.4, -0.2) is 42.8 Å². The first-order chi connectivity index (χ1) is 12.7. The molecule has 1 amide bonds. The number of carbonyl (C=O) groups is 1. The van der Waals surface area contributed by atoms with Crippen molar-refractivity contribution in [3.8, 4) is 5.69 Å². The number of hydrogen-bond donors (Lipinski definition) is 0. The van der Waals surface area contributed by atoms with Crippen molar-refractivity contribution < 1.29 is 4.79 Å². The van der Waals surface area contributed by atoms with E-state index >= 15 is 0 Å². The highest BCUT2D eigenvalue weighted by molar-refractivity contribution is 8.00. The molecule has 2 aromatic carbocycles. The van der Waals surface area contributed by atoms with Crippen molar-refractivity contribution in [2.45, 2.75) is 30.3 Å². The summed E-state index contributed by atoms with van der Waals surface area (Å²) >= 11 is 1.39. The van der Waals surface area contributed by atoms with Crippen molar-refractivity contribution in [3.05, 3.63) is 65.7 Å². The molecule has 0 N–H and O–H groups in total. The number of para-hydroxylation sites is 1. The molecule has 132 valence electrons. The minimum absolute atomic E-state index is 0.118. The van der Waals surface area contributed by atoms with Gasteiger partial charge in [-0.1, -0.05) is 54.2 Å². The molecule has 0 aliphatic carbocycles. The molecule has 1 aromatic heterocycles. The molecule has 0 radical (unpaired) electrons. The summed E-state index contributed by atoms with van der Waals surface area (Å²) in [7, 11) is 0. The van der Waals surface area contributed by atoms with Crippen molar-refractivity contribution in [2.75, 3.05) is 6.54 Å². The quantitative estimate of drug-likeness (QED) is 0.665. The summed E-state index contributed by atoms with van der Waals surface area (Å²) in [5.74, 6) is 0.118. The Bertz CT molecular complexity index is 911. The fraction of sp³-hybridized carbons (Fsp3) is 0.263. The SMILES string of the molecule is C[C@@H](Sc1nnnn1-c1ccccc1)C(=O)N1CCc2ccccc2C1. The number of aromatic nitrogens is 4. The van der Waals surface area contributed by atoms with E-state index in [4.69, 9.17) is 0 Å². The number of nitrogens with zero attached hydrogens (tertiary/aromatic N) is 5. The third-order valence-corrected chi connectivity index (χ3v) is 5.53. The largest absolute Gasteiger partial charge is 0.337 e. The molecule has 1 aliphatic heterocycles. The molecular formula is C19H19N5OS. The molecule has 0 fully saturated rings. The predicted octanol–water partition coefficient (Wildman–Crippen LogP) is 2.73. The molecule has 26 heavy (non-hydrogen) atoms. The van der Waals surface area contributed by atoms with Gasteiger partial charge in [0.25, 0.3) is 0 Å². The zero-order chi connectivity index (χ0) is 17.9. The fourth-order valence-corrected chi connectivity index (χ4v) is 4.02. The molecular weight excluding hydrogens is 346 g/mol. The van der Waals surface area contributed by atoms with Crippen LogP contribution in [0.15, 0.2) is 59.8 Å². The van der Waals surface area contributed by atoms with Crippen LogP contribution in [0.1, 0.15) is 18.1 Å². The van der Waals surface area contributed by atoms with Gasteiger partial charge in [0.1, 0.15) is 0 Å². The van der Waals surface area contributed by atoms with Crippen LogP contribution < -0.4 is 0 Å². The Morgan fingerprint density at radius 1 is 1.08 bits per heavy atom. The maximum Gasteiger partial charge on any atom is 0.236 e. The monoisotopic (exact) mass is 365 g/mol. The first-order valence-corrected chi connectivity index (χ1v) is 9.46. The van der Waals surface area contributed by atoms with Gasteiger partial charge in [0.15, 0.2) is 0 Å². The summed E-state index contributed by atoms with van der Waals surface area (Å²) in [5.41, 5.74) is 3.45. The average molecular weight is 365 g/mol. The summed E-state index contributed by atoms with van der Waals surface area (Å²) in [6.07, 6.45) is 0.904. The number of fused-ring (bicyclic) bond motifs is 1. The topological polar surface area (TPSA) is 63.9 Å². The highest BCUT2D eigenvalue weighted by atomic mass is 32.2. The highest BCUT2D eigenvalue weighted by Gasteiger charge is 2.26. The average Bonchev–Trinajstić information content (AvgIpc) is 3.15. The number of carbonyl (C=O) groups excluding carboxylic acids is 1. The molecule has 3 aromatic rings. The summed E-state index contributed by atoms with van der Waals surface area (Å²) in [6.45, 7) is 3.34. The third-order valence-electron chi connectivity index (χ3n) is 4.51. The first kappa shape index (κ1) is 16.8. The van der Waals surface area contributed by atoms with E-state index in [0.717, 1.165) is 18.7 Å². The van der Waals surface area contributed by atoms with Gasteiger partial charge in [0.2, 0.25) is 11.1 Å². The molecule has 1 aliphatic rings. The second kappa shape index (κ2) is 7.29. The van der Waals surface area contributed by atoms with E-state index in [0.29, 0.717) is 11.7 Å². The Morgan fingerprint density at radius 2 is 1.81 bits per heavy atom. The lowest BCUT2D eigenvalue weighted by Gasteiger charge is -2.30. The Balaban J connectivity index is 1.47. The van der Waals surface area contributed by atoms with Crippen molar-refractivity contribution in [2.24, 2.45) is 0 Å². The number of hydrogen-bond acceptors (Lipinski definition) is 5. The van der Waals surface area contributed by atoms with Gasteiger partial charge < -0.3 is 4.90 Å². The van der Waals surface area contributed by atoms with Gasteiger partial charge in [0, 0.05) is 13.1 Å². The predicted molar refractivity (Wildman–Crippen MR) is 100 cm³/mol. The normalized spacial score (nSPS) is 14.7. The van der Waals surface area contributed by atoms with Crippen LogP contribution in [0.25, 0.3) is 5.69 Å². The van der Waals surface area contributed by atoms with E-state index in [9.17, 15) is 4.79 Å². The van der Waals surface area contributed by atoms with Crippen LogP contribution in [0.2, 0.25) is 0 Å². The van der Waals surface area contributed by atoms with Crippen LogP contribution in [0.4, 0.5) is 0 Å². The Morgan fingerprint density at radius 3 is 2.62 bits per heavy atom. The van der Waals surface area contributed by atoms with Crippen LogP contribution >= 0.6 is 11.8 Å². The zero-order valence-corrected chi connectivity index (χ0v) is 15.3. The molecule has 0 bridgehead atoms. The minimum Gasteiger partial charge on any atom is -0.337 e. The molecule has 0 spiro atoms. The molecule has 4 rings (SSSR count). The van der Waals surface area contributed by atoms with Crippen LogP contribution in [-0.2, 0) is 17.8 Å². The highest BCUT2D eigenvalue weighted by Crippen LogP contribution is 2.26. The van der Waals surface area contributed by atoms with E-state index in [-0.39, 0.29) is 11.2 Å². The lowest BCUT2D eigenvalue weighted by molar-refractivity contribution is -0.131. The zero-order valence-electron chi connectivity index (χ0n) is 14.4. The Kier molecular flexibility index (Phi) is 4.71. The molecule has 0 saturated heterocycles. The van der Waals surface area contributed by atoms with E-state index in [1.54, 1.807) is 4.68 Å². The van der Waals surface area contributed by atoms with Gasteiger partial charge in [-0.2, -0.15) is 4.68 Å². The smallest absolute Gasteiger partial charge is 0.236 e. The molecule has 0 unspecified atom stereocenters. The summed E-state index contributed by atoms with van der Waals surface area (Å²) in [5, 5.41) is 12.3. The molecule has 2 heterocycles. The number of tetrazole rings is 1. The van der Waals surface area contributed by atoms with Gasteiger partial charge in [-0.05, 0) is 47.0 Å². The van der Waals surface area contributed by atoms with Gasteiger partial charge in [-0.3, -0.25) is 4.79 Å². The van der Waals surface area contributed by atoms with Crippen molar-refractivity contribution in [1.29, 1.82) is 0 Å². The number of benzene rings is 2. The standard InChI is InChI=1S/C19H19N5OS/c1-14(18(25)23-12-11-15-7-5-6-8-16(15)13-23)26-19-20-21-22-24(19)17-9-3-2-4-10-17/h2-10,14H,11-13H2,1H3/t14-/m1/s1. The second-order valence-corrected chi connectivity index (χ2v) is 7.56. The second-order valence-electron chi connectivity index (χ2n) is 6.25. The lowest BCUT2D eigenvalue weighted by Crippen LogP contribution is -2.40. The summed E-state index contributed by atoms with van der Waals surface area (Å²) in [6, 6.07) is 18.0. The van der Waals surface area contributed by atoms with E-state index in [1.165, 1.54) is 22.9 Å². The molecule has 6 nitrogen and oxygen atoms in total. The van der Waals surface area contributed by atoms with Gasteiger partial charge in [-0.15, -0.1) is 5.10 Å². The van der Waals surface area contributed by atoms with Gasteiger partial charge in [-0.25, -0.2) is 0 Å². The Hall–Kier alpha value is -2.67. The fourth-order valence-electron chi connectivity index (χ4n) is 3.13. The van der Waals surface area contributed by atoms with Crippen molar-refractivity contribution in [3.63, 3.8) is 0 Å². The third kappa shape index (κ3) is 3.35. The Labute approximate surface area is 156 Å². The van der Waals surface area contributed by atoms with E-state index < -0.39 is 0 Å². The summed E-state index contributed by atoms with van der Waals surface area (Å²) in [4.78, 5) is 14.8. The minimum atomic E-state index is -0.256. The summed E-state index contributed by atoms with van der Waals surface area (Å²) < 4.78 is 1.67. The van der Waals surface area contributed by atoms with Crippen molar-refractivity contribution in [1.82, 2.24) is 25.1 Å². The van der Waals surface area contributed by atoms with Crippen LogP contribution in [0, 0.1) is 0 Å². The maximum atomic E-state index is 12.9. The van der Waals surface area contributed by atoms with E-state index in [1.807, 2.05) is 48.2 Å². The van der Waals surface area contributed by atoms with Gasteiger partial charge >= 0.3 is 0 Å². The van der Waals surface area contributed by atoms with Gasteiger partial charge in [0.05, 0.1) is 10.9 Å². The first-order valence-electron chi connectivity index (χ1n) is 8.58. The molecule has 0 saturated carbocycles. The van der Waals surface area contributed by atoms with Crippen LogP contribution in [0.5, 0.6) is 0 Å². The van der Waals surface area contributed by atoms with E-state index in [2.05, 4.69) is 33.7 Å². The number of rotatable bonds is 4. The van der Waals surface area contributed by atoms with Crippen molar-refractivity contribution >= 4 is 17.7 Å².